The van der Waals surface area contributed by atoms with E-state index >= 15 is 0 Å². The van der Waals surface area contributed by atoms with Gasteiger partial charge >= 0.3 is 0 Å². The Labute approximate surface area is 103 Å². The fourth-order valence-corrected chi connectivity index (χ4v) is 2.03. The van der Waals surface area contributed by atoms with Gasteiger partial charge in [-0.2, -0.15) is 0 Å². The number of hydrogen-bond donors (Lipinski definition) is 2. The third-order valence-corrected chi connectivity index (χ3v) is 3.41. The lowest BCUT2D eigenvalue weighted by Crippen LogP contribution is -2.51. The van der Waals surface area contributed by atoms with Crippen LogP contribution in [0.3, 0.4) is 0 Å². The van der Waals surface area contributed by atoms with Crippen LogP contribution < -0.4 is 10.6 Å². The van der Waals surface area contributed by atoms with E-state index in [0.29, 0.717) is 0 Å². The van der Waals surface area contributed by atoms with Crippen LogP contribution in [0.1, 0.15) is 26.7 Å². The van der Waals surface area contributed by atoms with E-state index < -0.39 is 6.04 Å². The van der Waals surface area contributed by atoms with Gasteiger partial charge in [-0.1, -0.05) is 6.92 Å². The predicted octanol–water partition coefficient (Wildman–Crippen LogP) is -0.0310. The third kappa shape index (κ3) is 3.43. The van der Waals surface area contributed by atoms with E-state index in [1.165, 1.54) is 4.90 Å². The highest BCUT2D eigenvalue weighted by Gasteiger charge is 2.35. The summed E-state index contributed by atoms with van der Waals surface area (Å²) in [6.45, 7) is 5.42. The largest absolute Gasteiger partial charge is 0.347 e. The molecule has 1 rings (SSSR count). The van der Waals surface area contributed by atoms with Crippen LogP contribution >= 0.6 is 0 Å². The van der Waals surface area contributed by atoms with Crippen molar-refractivity contribution in [1.82, 2.24) is 15.5 Å². The van der Waals surface area contributed by atoms with Crippen molar-refractivity contribution in [2.24, 2.45) is 5.41 Å². The van der Waals surface area contributed by atoms with Gasteiger partial charge in [0.25, 0.3) is 0 Å². The molecule has 1 aliphatic rings. The number of carbonyl (C=O) groups is 2. The van der Waals surface area contributed by atoms with Crippen molar-refractivity contribution in [2.45, 2.75) is 32.7 Å². The lowest BCUT2D eigenvalue weighted by atomic mass is 9.80. The van der Waals surface area contributed by atoms with Crippen LogP contribution in [0.4, 0.5) is 0 Å². The van der Waals surface area contributed by atoms with Crippen LogP contribution in [0.25, 0.3) is 0 Å². The molecule has 0 aliphatic carbocycles. The van der Waals surface area contributed by atoms with Crippen molar-refractivity contribution in [3.8, 4) is 0 Å². The van der Waals surface area contributed by atoms with Gasteiger partial charge in [0.1, 0.15) is 6.04 Å². The summed E-state index contributed by atoms with van der Waals surface area (Å²) < 4.78 is 0. The summed E-state index contributed by atoms with van der Waals surface area (Å²) in [5.41, 5.74) is -0.341. The average molecular weight is 241 g/mol. The second-order valence-corrected chi connectivity index (χ2v) is 5.24. The number of amides is 2. The Morgan fingerprint density at radius 3 is 2.29 bits per heavy atom. The molecule has 0 bridgehead atoms. The van der Waals surface area contributed by atoms with Crippen LogP contribution in [0, 0.1) is 5.41 Å². The lowest BCUT2D eigenvalue weighted by Gasteiger charge is -2.33. The first-order valence-electron chi connectivity index (χ1n) is 6.10. The number of piperidine rings is 1. The van der Waals surface area contributed by atoms with Crippen LogP contribution in [0.15, 0.2) is 0 Å². The first kappa shape index (κ1) is 14.0. The van der Waals surface area contributed by atoms with Crippen molar-refractivity contribution in [3.63, 3.8) is 0 Å². The molecule has 5 nitrogen and oxygen atoms in total. The van der Waals surface area contributed by atoms with E-state index in [-0.39, 0.29) is 17.2 Å². The van der Waals surface area contributed by atoms with Crippen molar-refractivity contribution in [3.05, 3.63) is 0 Å². The SMILES string of the molecule is CC(NC(=O)C1(C)CCNCC1)C(=O)N(C)C. The minimum atomic E-state index is -0.454. The van der Waals surface area contributed by atoms with Gasteiger partial charge in [0.15, 0.2) is 0 Å². The van der Waals surface area contributed by atoms with E-state index in [2.05, 4.69) is 10.6 Å². The topological polar surface area (TPSA) is 61.4 Å². The summed E-state index contributed by atoms with van der Waals surface area (Å²) in [5.74, 6) is -0.0856. The third-order valence-electron chi connectivity index (χ3n) is 3.41. The van der Waals surface area contributed by atoms with Gasteiger partial charge in [-0.15, -0.1) is 0 Å². The van der Waals surface area contributed by atoms with Gasteiger partial charge in [0.2, 0.25) is 11.8 Å². The number of rotatable bonds is 3. The molecule has 0 aromatic rings. The summed E-state index contributed by atoms with van der Waals surface area (Å²) >= 11 is 0. The molecule has 98 valence electrons. The van der Waals surface area contributed by atoms with Crippen molar-refractivity contribution >= 4 is 11.8 Å². The summed E-state index contributed by atoms with van der Waals surface area (Å²) in [4.78, 5) is 25.3. The monoisotopic (exact) mass is 241 g/mol. The molecule has 1 aliphatic heterocycles. The number of nitrogens with one attached hydrogen (secondary N) is 2. The molecule has 0 aromatic carbocycles. The molecular formula is C12H23N3O2. The zero-order valence-corrected chi connectivity index (χ0v) is 11.2. The maximum Gasteiger partial charge on any atom is 0.244 e. The Morgan fingerprint density at radius 2 is 1.82 bits per heavy atom. The van der Waals surface area contributed by atoms with Crippen molar-refractivity contribution in [2.75, 3.05) is 27.2 Å². The van der Waals surface area contributed by atoms with Crippen LogP contribution in [0.2, 0.25) is 0 Å². The summed E-state index contributed by atoms with van der Waals surface area (Å²) in [5, 5.41) is 6.05. The molecule has 5 heteroatoms. The molecule has 1 atom stereocenters. The quantitative estimate of drug-likeness (QED) is 0.729. The van der Waals surface area contributed by atoms with E-state index in [4.69, 9.17) is 0 Å². The maximum absolute atomic E-state index is 12.1. The summed E-state index contributed by atoms with van der Waals surface area (Å²) in [7, 11) is 3.38. The fourth-order valence-electron chi connectivity index (χ4n) is 2.03. The van der Waals surface area contributed by atoms with Gasteiger partial charge in [0.05, 0.1) is 0 Å². The molecule has 17 heavy (non-hydrogen) atoms. The molecule has 0 spiro atoms. The predicted molar refractivity (Wildman–Crippen MR) is 66.5 cm³/mol. The first-order valence-corrected chi connectivity index (χ1v) is 6.10. The molecule has 1 saturated heterocycles. The van der Waals surface area contributed by atoms with Gasteiger partial charge in [0, 0.05) is 19.5 Å². The first-order chi connectivity index (χ1) is 7.87. The van der Waals surface area contributed by atoms with Crippen LogP contribution in [0.5, 0.6) is 0 Å². The molecule has 1 unspecified atom stereocenters. The highest BCUT2D eigenvalue weighted by Crippen LogP contribution is 2.28. The Kier molecular flexibility index (Phi) is 4.51. The van der Waals surface area contributed by atoms with Crippen molar-refractivity contribution in [1.29, 1.82) is 0 Å². The number of carbonyl (C=O) groups excluding carboxylic acids is 2. The number of hydrogen-bond acceptors (Lipinski definition) is 3. The van der Waals surface area contributed by atoms with Gasteiger partial charge in [-0.25, -0.2) is 0 Å². The van der Waals surface area contributed by atoms with E-state index in [1.54, 1.807) is 21.0 Å². The normalized spacial score (nSPS) is 20.5. The van der Waals surface area contributed by atoms with Crippen molar-refractivity contribution < 1.29 is 9.59 Å². The summed E-state index contributed by atoms with van der Waals surface area (Å²) in [6, 6.07) is -0.454. The Morgan fingerprint density at radius 1 is 1.29 bits per heavy atom. The van der Waals surface area contributed by atoms with Gasteiger partial charge in [-0.3, -0.25) is 9.59 Å². The Hall–Kier alpha value is -1.10. The molecule has 2 N–H and O–H groups in total. The zero-order valence-electron chi connectivity index (χ0n) is 11.2. The van der Waals surface area contributed by atoms with Crippen LogP contribution in [-0.4, -0.2) is 49.9 Å². The minimum Gasteiger partial charge on any atom is -0.347 e. The van der Waals surface area contributed by atoms with Gasteiger partial charge in [-0.05, 0) is 32.9 Å². The molecule has 1 heterocycles. The van der Waals surface area contributed by atoms with E-state index in [0.717, 1.165) is 25.9 Å². The Balaban J connectivity index is 2.56. The minimum absolute atomic E-state index is 0.0123. The molecule has 2 amide bonds. The average Bonchev–Trinajstić information content (AvgIpc) is 2.28. The Bertz CT molecular complexity index is 296. The molecule has 0 radical (unpaired) electrons. The van der Waals surface area contributed by atoms with E-state index in [1.807, 2.05) is 6.92 Å². The molecule has 0 saturated carbocycles. The molecule has 1 fully saturated rings. The maximum atomic E-state index is 12.1. The zero-order chi connectivity index (χ0) is 13.1. The summed E-state index contributed by atoms with van der Waals surface area (Å²) in [6.07, 6.45) is 1.64. The highest BCUT2D eigenvalue weighted by molar-refractivity contribution is 5.89. The van der Waals surface area contributed by atoms with Crippen LogP contribution in [-0.2, 0) is 9.59 Å². The number of likely N-dealkylation sites (N-methyl/N-ethyl adjacent to an activating group) is 1. The smallest absolute Gasteiger partial charge is 0.244 e. The van der Waals surface area contributed by atoms with Gasteiger partial charge < -0.3 is 15.5 Å². The fraction of sp³-hybridized carbons (Fsp3) is 0.833. The second-order valence-electron chi connectivity index (χ2n) is 5.24. The van der Waals surface area contributed by atoms with E-state index in [9.17, 15) is 9.59 Å². The lowest BCUT2D eigenvalue weighted by molar-refractivity contribution is -0.138. The number of nitrogens with zero attached hydrogens (tertiary/aromatic N) is 1. The highest BCUT2D eigenvalue weighted by atomic mass is 16.2. The standard InChI is InChI=1S/C12H23N3O2/c1-9(10(16)15(3)4)14-11(17)12(2)5-7-13-8-6-12/h9,13H,5-8H2,1-4H3,(H,14,17). The second kappa shape index (κ2) is 5.49. The molecule has 0 aromatic heterocycles. The molecular weight excluding hydrogens is 218 g/mol.